The highest BCUT2D eigenvalue weighted by atomic mass is 79.9. The van der Waals surface area contributed by atoms with Crippen LogP contribution in [0.1, 0.15) is 18.4 Å². The van der Waals surface area contributed by atoms with Crippen LogP contribution >= 0.6 is 27.7 Å². The van der Waals surface area contributed by atoms with E-state index in [-0.39, 0.29) is 0 Å². The first-order chi connectivity index (χ1) is 10.2. The average molecular weight is 374 g/mol. The smallest absolute Gasteiger partial charge is 0.191 e. The lowest BCUT2D eigenvalue weighted by atomic mass is 10.2. The molecule has 0 heterocycles. The van der Waals surface area contributed by atoms with E-state index in [1.165, 1.54) is 12.2 Å². The summed E-state index contributed by atoms with van der Waals surface area (Å²) in [6.45, 7) is 1.61. The van der Waals surface area contributed by atoms with Crippen LogP contribution in [0.2, 0.25) is 0 Å². The minimum absolute atomic E-state index is 0.674. The zero-order valence-electron chi connectivity index (χ0n) is 12.9. The van der Waals surface area contributed by atoms with Gasteiger partial charge in [-0.05, 0) is 43.0 Å². The van der Waals surface area contributed by atoms with Gasteiger partial charge in [-0.25, -0.2) is 0 Å². The van der Waals surface area contributed by atoms with Crippen LogP contribution in [0.5, 0.6) is 5.75 Å². The second kappa shape index (κ2) is 10.8. The number of guanidine groups is 1. The minimum Gasteiger partial charge on any atom is -0.496 e. The van der Waals surface area contributed by atoms with Crippen molar-refractivity contribution < 1.29 is 4.74 Å². The predicted octanol–water partition coefficient (Wildman–Crippen LogP) is 3.27. The van der Waals surface area contributed by atoms with Gasteiger partial charge in [0.2, 0.25) is 0 Å². The number of rotatable bonds is 8. The lowest BCUT2D eigenvalue weighted by Gasteiger charge is -2.14. The fraction of sp³-hybridized carbons (Fsp3) is 0.533. The van der Waals surface area contributed by atoms with E-state index in [1.807, 2.05) is 23.9 Å². The molecule has 0 saturated carbocycles. The second-order valence-corrected chi connectivity index (χ2v) is 6.41. The van der Waals surface area contributed by atoms with Gasteiger partial charge >= 0.3 is 0 Å². The molecule has 1 aromatic carbocycles. The quantitative estimate of drug-likeness (QED) is 0.417. The third kappa shape index (κ3) is 7.09. The number of nitrogens with one attached hydrogen (secondary N) is 2. The number of thioether (sulfide) groups is 1. The largest absolute Gasteiger partial charge is 0.496 e. The highest BCUT2D eigenvalue weighted by Gasteiger charge is 2.05. The molecule has 21 heavy (non-hydrogen) atoms. The van der Waals surface area contributed by atoms with E-state index in [4.69, 9.17) is 4.74 Å². The van der Waals surface area contributed by atoms with Crippen molar-refractivity contribution in [2.75, 3.05) is 32.7 Å². The Morgan fingerprint density at radius 2 is 2.14 bits per heavy atom. The minimum atomic E-state index is 0.674. The zero-order valence-corrected chi connectivity index (χ0v) is 15.3. The summed E-state index contributed by atoms with van der Waals surface area (Å²) < 4.78 is 6.41. The van der Waals surface area contributed by atoms with Crippen molar-refractivity contribution in [3.05, 3.63) is 28.2 Å². The van der Waals surface area contributed by atoms with Crippen LogP contribution in [0.4, 0.5) is 0 Å². The van der Waals surface area contributed by atoms with Gasteiger partial charge in [-0.2, -0.15) is 11.8 Å². The molecule has 6 heteroatoms. The molecule has 0 radical (unpaired) electrons. The molecular weight excluding hydrogens is 350 g/mol. The summed E-state index contributed by atoms with van der Waals surface area (Å²) in [5.74, 6) is 2.91. The number of hydrogen-bond acceptors (Lipinski definition) is 3. The van der Waals surface area contributed by atoms with E-state index in [0.29, 0.717) is 6.54 Å². The van der Waals surface area contributed by atoms with Crippen LogP contribution in [-0.2, 0) is 6.54 Å². The Kier molecular flexibility index (Phi) is 9.34. The van der Waals surface area contributed by atoms with Gasteiger partial charge in [0.1, 0.15) is 5.75 Å². The van der Waals surface area contributed by atoms with Crippen molar-refractivity contribution >= 4 is 33.7 Å². The standard InChI is InChI=1S/C15H24BrN3OS/c1-17-15(18-8-4-5-9-21-3)19-11-12-10-13(16)6-7-14(12)20-2/h6-7,10H,4-5,8-9,11H2,1-3H3,(H2,17,18,19). The first-order valence-electron chi connectivity index (χ1n) is 6.97. The molecule has 0 aliphatic carbocycles. The lowest BCUT2D eigenvalue weighted by molar-refractivity contribution is 0.409. The first-order valence-corrected chi connectivity index (χ1v) is 9.15. The third-order valence-electron chi connectivity index (χ3n) is 2.98. The molecule has 0 aromatic heterocycles. The molecule has 1 rings (SSSR count). The molecule has 118 valence electrons. The van der Waals surface area contributed by atoms with E-state index in [9.17, 15) is 0 Å². The molecule has 2 N–H and O–H groups in total. The van der Waals surface area contributed by atoms with Gasteiger partial charge in [0.05, 0.1) is 7.11 Å². The second-order valence-electron chi connectivity index (χ2n) is 4.51. The Labute approximate surface area is 140 Å². The predicted molar refractivity (Wildman–Crippen MR) is 96.5 cm³/mol. The van der Waals surface area contributed by atoms with Crippen LogP contribution in [0.25, 0.3) is 0 Å². The van der Waals surface area contributed by atoms with Gasteiger partial charge in [0, 0.05) is 30.2 Å². The Bertz CT molecular complexity index is 455. The summed E-state index contributed by atoms with van der Waals surface area (Å²) >= 11 is 5.37. The van der Waals surface area contributed by atoms with Gasteiger partial charge in [-0.1, -0.05) is 15.9 Å². The Hall–Kier alpha value is -0.880. The molecule has 0 bridgehead atoms. The van der Waals surface area contributed by atoms with Crippen molar-refractivity contribution in [3.8, 4) is 5.75 Å². The molecule has 0 aliphatic heterocycles. The Balaban J connectivity index is 2.43. The maximum atomic E-state index is 5.37. The number of benzene rings is 1. The molecule has 0 atom stereocenters. The van der Waals surface area contributed by atoms with Gasteiger partial charge in [-0.15, -0.1) is 0 Å². The number of ether oxygens (including phenoxy) is 1. The van der Waals surface area contributed by atoms with E-state index in [2.05, 4.69) is 43.9 Å². The van der Waals surface area contributed by atoms with Crippen molar-refractivity contribution in [1.29, 1.82) is 0 Å². The fourth-order valence-electron chi connectivity index (χ4n) is 1.86. The van der Waals surface area contributed by atoms with Gasteiger partial charge < -0.3 is 15.4 Å². The van der Waals surface area contributed by atoms with Gasteiger partial charge in [-0.3, -0.25) is 4.99 Å². The number of methoxy groups -OCH3 is 1. The monoisotopic (exact) mass is 373 g/mol. The lowest BCUT2D eigenvalue weighted by Crippen LogP contribution is -2.37. The first kappa shape index (κ1) is 18.2. The van der Waals surface area contributed by atoms with Crippen LogP contribution in [-0.4, -0.2) is 38.7 Å². The SMILES string of the molecule is CN=C(NCCCCSC)NCc1cc(Br)ccc1OC. The summed E-state index contributed by atoms with van der Waals surface area (Å²) in [7, 11) is 3.47. The van der Waals surface area contributed by atoms with E-state index < -0.39 is 0 Å². The van der Waals surface area contributed by atoms with Gasteiger partial charge in [0.25, 0.3) is 0 Å². The zero-order chi connectivity index (χ0) is 15.5. The summed E-state index contributed by atoms with van der Waals surface area (Å²) in [5, 5.41) is 6.64. The summed E-state index contributed by atoms with van der Waals surface area (Å²) in [4.78, 5) is 4.24. The van der Waals surface area contributed by atoms with E-state index in [0.717, 1.165) is 34.7 Å². The van der Waals surface area contributed by atoms with E-state index >= 15 is 0 Å². The molecule has 4 nitrogen and oxygen atoms in total. The Morgan fingerprint density at radius 3 is 2.81 bits per heavy atom. The number of unbranched alkanes of at least 4 members (excludes halogenated alkanes) is 1. The molecule has 0 aliphatic rings. The third-order valence-corrected chi connectivity index (χ3v) is 4.17. The van der Waals surface area contributed by atoms with Crippen molar-refractivity contribution in [2.24, 2.45) is 4.99 Å². The fourth-order valence-corrected chi connectivity index (χ4v) is 2.76. The Morgan fingerprint density at radius 1 is 1.33 bits per heavy atom. The van der Waals surface area contributed by atoms with Crippen LogP contribution in [0, 0.1) is 0 Å². The van der Waals surface area contributed by atoms with E-state index in [1.54, 1.807) is 14.2 Å². The van der Waals surface area contributed by atoms with Crippen LogP contribution < -0.4 is 15.4 Å². The maximum absolute atomic E-state index is 5.37. The molecule has 1 aromatic rings. The summed E-state index contributed by atoms with van der Waals surface area (Å²) in [6.07, 6.45) is 4.52. The van der Waals surface area contributed by atoms with Crippen molar-refractivity contribution in [2.45, 2.75) is 19.4 Å². The van der Waals surface area contributed by atoms with Crippen molar-refractivity contribution in [1.82, 2.24) is 10.6 Å². The molecule has 0 unspecified atom stereocenters. The molecule has 0 spiro atoms. The summed E-state index contributed by atoms with van der Waals surface area (Å²) in [6, 6.07) is 5.98. The van der Waals surface area contributed by atoms with Crippen molar-refractivity contribution in [3.63, 3.8) is 0 Å². The van der Waals surface area contributed by atoms with Gasteiger partial charge in [0.15, 0.2) is 5.96 Å². The normalized spacial score (nSPS) is 11.3. The number of nitrogens with zero attached hydrogens (tertiary/aromatic N) is 1. The molecule has 0 amide bonds. The summed E-state index contributed by atoms with van der Waals surface area (Å²) in [5.41, 5.74) is 1.09. The number of hydrogen-bond donors (Lipinski definition) is 2. The van der Waals surface area contributed by atoms with Crippen LogP contribution in [0.15, 0.2) is 27.7 Å². The van der Waals surface area contributed by atoms with Crippen LogP contribution in [0.3, 0.4) is 0 Å². The topological polar surface area (TPSA) is 45.7 Å². The maximum Gasteiger partial charge on any atom is 0.191 e. The highest BCUT2D eigenvalue weighted by Crippen LogP contribution is 2.22. The number of halogens is 1. The number of aliphatic imine (C=N–C) groups is 1. The molecule has 0 saturated heterocycles. The average Bonchev–Trinajstić information content (AvgIpc) is 2.50. The highest BCUT2D eigenvalue weighted by molar-refractivity contribution is 9.10. The molecule has 0 fully saturated rings. The molecular formula is C15H24BrN3OS.